The van der Waals surface area contributed by atoms with Crippen LogP contribution < -0.4 is 14.7 Å². The molecule has 8 heteroatoms. The number of benzene rings is 3. The molecule has 1 atom stereocenters. The molecule has 35 heavy (non-hydrogen) atoms. The summed E-state index contributed by atoms with van der Waals surface area (Å²) in [5, 5.41) is 0.582. The molecule has 176 valence electrons. The molecule has 7 nitrogen and oxygen atoms in total. The van der Waals surface area contributed by atoms with Gasteiger partial charge in [-0.05, 0) is 48.4 Å². The number of halogens is 1. The van der Waals surface area contributed by atoms with Gasteiger partial charge in [-0.25, -0.2) is 14.6 Å². The van der Waals surface area contributed by atoms with E-state index in [2.05, 4.69) is 0 Å². The molecular weight excluding hydrogens is 466 g/mol. The quantitative estimate of drug-likeness (QED) is 0.504. The van der Waals surface area contributed by atoms with Gasteiger partial charge in [0.05, 0.1) is 30.6 Å². The first-order valence-corrected chi connectivity index (χ1v) is 11.9. The van der Waals surface area contributed by atoms with Crippen LogP contribution in [-0.4, -0.2) is 43.6 Å². The Balaban J connectivity index is 1.59. The van der Waals surface area contributed by atoms with Crippen LogP contribution >= 0.6 is 11.6 Å². The summed E-state index contributed by atoms with van der Waals surface area (Å²) in [6, 6.07) is 21.7. The third kappa shape index (κ3) is 3.19. The molecule has 0 saturated carbocycles. The lowest BCUT2D eigenvalue weighted by atomic mass is 9.67. The minimum Gasteiger partial charge on any atom is -0.377 e. The Morgan fingerprint density at radius 3 is 2.03 bits per heavy atom. The van der Waals surface area contributed by atoms with Crippen molar-refractivity contribution in [3.63, 3.8) is 0 Å². The maximum absolute atomic E-state index is 14.4. The number of imide groups is 2. The van der Waals surface area contributed by atoms with E-state index < -0.39 is 29.3 Å². The Morgan fingerprint density at radius 2 is 1.43 bits per heavy atom. The molecule has 3 aromatic carbocycles. The van der Waals surface area contributed by atoms with Gasteiger partial charge in [-0.3, -0.25) is 9.59 Å². The van der Waals surface area contributed by atoms with Crippen molar-refractivity contribution in [1.82, 2.24) is 0 Å². The molecule has 0 N–H and O–H groups in total. The summed E-state index contributed by atoms with van der Waals surface area (Å²) in [5.74, 6) is -1.07. The molecule has 3 aliphatic rings. The molecular formula is C27H22ClN3O4. The number of hydrogen-bond donors (Lipinski definition) is 0. The molecule has 0 bridgehead atoms. The largest absolute Gasteiger partial charge is 0.377 e. The fourth-order valence-electron chi connectivity index (χ4n) is 5.48. The number of carbonyl (C=O) groups excluding carboxylic acids is 3. The monoisotopic (exact) mass is 487 g/mol. The first kappa shape index (κ1) is 21.8. The van der Waals surface area contributed by atoms with Crippen LogP contribution in [0.15, 0.2) is 78.9 Å². The van der Waals surface area contributed by atoms with Crippen LogP contribution in [0, 0.1) is 5.41 Å². The Labute approximate surface area is 207 Å². The van der Waals surface area contributed by atoms with Crippen LogP contribution in [0.5, 0.6) is 0 Å². The number of hydrogen-bond acceptors (Lipinski definition) is 5. The third-order valence-corrected chi connectivity index (χ3v) is 7.34. The smallest absolute Gasteiger partial charge is 0.342 e. The summed E-state index contributed by atoms with van der Waals surface area (Å²) in [5.41, 5.74) is 1.01. The van der Waals surface area contributed by atoms with E-state index in [0.29, 0.717) is 29.5 Å². The number of barbiturate groups is 1. The number of anilines is 3. The standard InChI is InChI=1S/C27H22ClN3O4/c28-19-12-11-18-16-27(23-17-35-14-13-29(23)22(18)15-19)24(32)30(20-7-3-1-4-8-20)26(34)31(25(27)33)21-9-5-2-6-10-21/h1-12,15,23H,13-14,16-17H2/t23-/m0/s1. The van der Waals surface area contributed by atoms with Gasteiger partial charge in [0.25, 0.3) is 11.8 Å². The van der Waals surface area contributed by atoms with Crippen molar-refractivity contribution in [3.8, 4) is 0 Å². The predicted octanol–water partition coefficient (Wildman–Crippen LogP) is 4.29. The highest BCUT2D eigenvalue weighted by molar-refractivity contribution is 6.39. The maximum Gasteiger partial charge on any atom is 0.342 e. The number of nitrogens with zero attached hydrogens (tertiary/aromatic N) is 3. The van der Waals surface area contributed by atoms with Gasteiger partial charge in [-0.15, -0.1) is 0 Å². The van der Waals surface area contributed by atoms with Crippen LogP contribution in [0.25, 0.3) is 0 Å². The average Bonchev–Trinajstić information content (AvgIpc) is 2.89. The third-order valence-electron chi connectivity index (χ3n) is 7.10. The lowest BCUT2D eigenvalue weighted by molar-refractivity contribution is -0.145. The molecule has 0 radical (unpaired) electrons. The molecule has 0 aromatic heterocycles. The first-order chi connectivity index (χ1) is 17.0. The molecule has 1 spiro atoms. The number of para-hydroxylation sites is 2. The molecule has 3 heterocycles. The van der Waals surface area contributed by atoms with E-state index in [4.69, 9.17) is 16.3 Å². The molecule has 6 rings (SSSR count). The minimum absolute atomic E-state index is 0.141. The molecule has 4 amide bonds. The number of amides is 4. The summed E-state index contributed by atoms with van der Waals surface area (Å²) in [6.45, 7) is 1.15. The average molecular weight is 488 g/mol. The van der Waals surface area contributed by atoms with Gasteiger partial charge in [0, 0.05) is 17.3 Å². The molecule has 0 unspecified atom stereocenters. The highest BCUT2D eigenvalue weighted by Crippen LogP contribution is 2.48. The van der Waals surface area contributed by atoms with E-state index in [1.165, 1.54) is 0 Å². The van der Waals surface area contributed by atoms with Crippen molar-refractivity contribution >= 4 is 46.5 Å². The van der Waals surface area contributed by atoms with E-state index in [0.717, 1.165) is 21.1 Å². The van der Waals surface area contributed by atoms with E-state index in [1.54, 1.807) is 54.6 Å². The van der Waals surface area contributed by atoms with Crippen molar-refractivity contribution in [1.29, 1.82) is 0 Å². The van der Waals surface area contributed by atoms with Gasteiger partial charge < -0.3 is 9.64 Å². The van der Waals surface area contributed by atoms with Crippen molar-refractivity contribution in [2.24, 2.45) is 5.41 Å². The summed E-state index contributed by atoms with van der Waals surface area (Å²) in [6.07, 6.45) is 0.141. The maximum atomic E-state index is 14.4. The molecule has 2 fully saturated rings. The van der Waals surface area contributed by atoms with Crippen LogP contribution in [-0.2, 0) is 20.7 Å². The van der Waals surface area contributed by atoms with Crippen molar-refractivity contribution in [2.45, 2.75) is 12.5 Å². The van der Waals surface area contributed by atoms with Gasteiger partial charge in [0.2, 0.25) is 0 Å². The Morgan fingerprint density at radius 1 is 0.829 bits per heavy atom. The van der Waals surface area contributed by atoms with Crippen molar-refractivity contribution in [2.75, 3.05) is 34.5 Å². The first-order valence-electron chi connectivity index (χ1n) is 11.5. The molecule has 0 aliphatic carbocycles. The number of urea groups is 1. The Bertz CT molecular complexity index is 1270. The number of carbonyl (C=O) groups is 3. The highest BCUT2D eigenvalue weighted by atomic mass is 35.5. The lowest BCUT2D eigenvalue weighted by Gasteiger charge is -2.54. The topological polar surface area (TPSA) is 70.2 Å². The lowest BCUT2D eigenvalue weighted by Crippen LogP contribution is -2.75. The van der Waals surface area contributed by atoms with Crippen LogP contribution in [0.4, 0.5) is 21.9 Å². The zero-order valence-corrected chi connectivity index (χ0v) is 19.5. The van der Waals surface area contributed by atoms with Gasteiger partial charge in [-0.1, -0.05) is 54.1 Å². The van der Waals surface area contributed by atoms with Crippen LogP contribution in [0.2, 0.25) is 5.02 Å². The number of fused-ring (bicyclic) bond motifs is 4. The second-order valence-corrected chi connectivity index (χ2v) is 9.38. The number of morpholine rings is 1. The van der Waals surface area contributed by atoms with E-state index in [9.17, 15) is 14.4 Å². The van der Waals surface area contributed by atoms with Crippen LogP contribution in [0.1, 0.15) is 5.56 Å². The number of rotatable bonds is 2. The minimum atomic E-state index is -1.55. The second-order valence-electron chi connectivity index (χ2n) is 8.94. The Hall–Kier alpha value is -3.68. The number of ether oxygens (including phenoxy) is 1. The molecule has 3 aliphatic heterocycles. The molecule has 3 aromatic rings. The SMILES string of the molecule is O=C1N(c2ccccc2)C(=O)C2(Cc3ccc(Cl)cc3N3CCOC[C@H]32)C(=O)N1c1ccccc1. The Kier molecular flexibility index (Phi) is 5.12. The van der Waals surface area contributed by atoms with E-state index in [-0.39, 0.29) is 13.0 Å². The summed E-state index contributed by atoms with van der Waals surface area (Å²) in [7, 11) is 0. The summed E-state index contributed by atoms with van der Waals surface area (Å²) < 4.78 is 5.82. The van der Waals surface area contributed by atoms with Crippen molar-refractivity contribution in [3.05, 3.63) is 89.4 Å². The predicted molar refractivity (Wildman–Crippen MR) is 133 cm³/mol. The van der Waals surface area contributed by atoms with Gasteiger partial charge in [-0.2, -0.15) is 0 Å². The van der Waals surface area contributed by atoms with Gasteiger partial charge in [0.1, 0.15) is 0 Å². The van der Waals surface area contributed by atoms with Crippen LogP contribution in [0.3, 0.4) is 0 Å². The van der Waals surface area contributed by atoms with Gasteiger partial charge in [0.15, 0.2) is 5.41 Å². The normalized spacial score (nSPS) is 21.2. The van der Waals surface area contributed by atoms with Crippen molar-refractivity contribution < 1.29 is 19.1 Å². The zero-order valence-electron chi connectivity index (χ0n) is 18.8. The summed E-state index contributed by atoms with van der Waals surface area (Å²) in [4.78, 5) is 46.9. The fraction of sp³-hybridized carbons (Fsp3) is 0.222. The second kappa shape index (κ2) is 8.22. The highest BCUT2D eigenvalue weighted by Gasteiger charge is 2.65. The summed E-state index contributed by atoms with van der Waals surface area (Å²) >= 11 is 6.32. The van der Waals surface area contributed by atoms with Gasteiger partial charge >= 0.3 is 6.03 Å². The molecule has 2 saturated heterocycles. The fourth-order valence-corrected chi connectivity index (χ4v) is 5.65. The van der Waals surface area contributed by atoms with E-state index >= 15 is 0 Å². The zero-order chi connectivity index (χ0) is 24.2. The van der Waals surface area contributed by atoms with E-state index in [1.807, 2.05) is 29.2 Å².